The van der Waals surface area contributed by atoms with Gasteiger partial charge >= 0.3 is 0 Å². The number of hydrogen-bond donors (Lipinski definition) is 2. The average Bonchev–Trinajstić information content (AvgIpc) is 3.07. The number of aryl methyl sites for hydroxylation is 1. The zero-order chi connectivity index (χ0) is 19.2. The number of amides is 2. The van der Waals surface area contributed by atoms with Crippen molar-refractivity contribution in [3.05, 3.63) is 47.0 Å². The minimum Gasteiger partial charge on any atom is -0.351 e. The van der Waals surface area contributed by atoms with Gasteiger partial charge in [-0.15, -0.1) is 0 Å². The zero-order valence-electron chi connectivity index (χ0n) is 16.2. The molecule has 0 saturated carbocycles. The van der Waals surface area contributed by atoms with Gasteiger partial charge in [0.1, 0.15) is 5.69 Å². The molecule has 6 heteroatoms. The third-order valence-corrected chi connectivity index (χ3v) is 5.00. The van der Waals surface area contributed by atoms with Gasteiger partial charge in [-0.3, -0.25) is 9.59 Å². The summed E-state index contributed by atoms with van der Waals surface area (Å²) < 4.78 is 1.91. The highest BCUT2D eigenvalue weighted by molar-refractivity contribution is 6.04. The Kier molecular flexibility index (Phi) is 6.27. The van der Waals surface area contributed by atoms with Crippen LogP contribution in [-0.4, -0.2) is 27.9 Å². The number of nitrogens with one attached hydrogen (secondary N) is 2. The van der Waals surface area contributed by atoms with Gasteiger partial charge in [-0.2, -0.15) is 0 Å². The van der Waals surface area contributed by atoms with Crippen molar-refractivity contribution in [2.24, 2.45) is 0 Å². The molecule has 1 aliphatic rings. The minimum absolute atomic E-state index is 0.174. The van der Waals surface area contributed by atoms with Gasteiger partial charge in [0.15, 0.2) is 5.82 Å². The summed E-state index contributed by atoms with van der Waals surface area (Å²) in [6, 6.07) is 7.64. The van der Waals surface area contributed by atoms with Crippen molar-refractivity contribution in [3.8, 4) is 0 Å². The lowest BCUT2D eigenvalue weighted by atomic mass is 10.1. The fourth-order valence-corrected chi connectivity index (χ4v) is 3.45. The molecule has 27 heavy (non-hydrogen) atoms. The molecule has 2 amide bonds. The molecule has 3 rings (SSSR count). The Bertz CT molecular complexity index is 826. The molecule has 0 radical (unpaired) electrons. The first-order valence-electron chi connectivity index (χ1n) is 9.86. The highest BCUT2D eigenvalue weighted by Crippen LogP contribution is 2.22. The number of nitrogens with zero attached hydrogens (tertiary/aromatic N) is 2. The van der Waals surface area contributed by atoms with Gasteiger partial charge in [-0.25, -0.2) is 4.98 Å². The fraction of sp³-hybridized carbons (Fsp3) is 0.476. The van der Waals surface area contributed by atoms with Crippen LogP contribution in [0.4, 0.5) is 5.69 Å². The van der Waals surface area contributed by atoms with Crippen LogP contribution < -0.4 is 10.6 Å². The molecule has 0 saturated heterocycles. The monoisotopic (exact) mass is 368 g/mol. The van der Waals surface area contributed by atoms with Crippen molar-refractivity contribution in [2.45, 2.75) is 58.9 Å². The van der Waals surface area contributed by atoms with Crippen LogP contribution in [0.2, 0.25) is 0 Å². The molecule has 0 fully saturated rings. The maximum Gasteiger partial charge on any atom is 0.291 e. The van der Waals surface area contributed by atoms with Gasteiger partial charge < -0.3 is 15.2 Å². The Balaban J connectivity index is 1.81. The topological polar surface area (TPSA) is 76.0 Å². The number of fused-ring (bicyclic) bond motifs is 1. The highest BCUT2D eigenvalue weighted by Gasteiger charge is 2.27. The van der Waals surface area contributed by atoms with Crippen molar-refractivity contribution in [1.82, 2.24) is 14.9 Å². The lowest BCUT2D eigenvalue weighted by molar-refractivity contribution is 0.0947. The fourth-order valence-electron chi connectivity index (χ4n) is 3.45. The molecule has 2 aromatic rings. The predicted octanol–water partition coefficient (Wildman–Crippen LogP) is 3.70. The second-order valence-corrected chi connectivity index (χ2v) is 7.07. The summed E-state index contributed by atoms with van der Waals surface area (Å²) in [5.41, 5.74) is 3.04. The third kappa shape index (κ3) is 4.38. The van der Waals surface area contributed by atoms with E-state index in [0.717, 1.165) is 62.0 Å². The van der Waals surface area contributed by atoms with E-state index >= 15 is 0 Å². The maximum absolute atomic E-state index is 12.8. The van der Waals surface area contributed by atoms with Gasteiger partial charge in [0.05, 0.1) is 5.69 Å². The molecule has 2 N–H and O–H groups in total. The van der Waals surface area contributed by atoms with Crippen LogP contribution in [0.5, 0.6) is 0 Å². The van der Waals surface area contributed by atoms with E-state index < -0.39 is 0 Å². The van der Waals surface area contributed by atoms with E-state index in [1.807, 2.05) is 35.8 Å². The molecule has 0 aliphatic carbocycles. The smallest absolute Gasteiger partial charge is 0.291 e. The van der Waals surface area contributed by atoms with Crippen LogP contribution in [0, 0.1) is 6.92 Å². The van der Waals surface area contributed by atoms with Crippen molar-refractivity contribution >= 4 is 17.5 Å². The van der Waals surface area contributed by atoms with Gasteiger partial charge in [-0.1, -0.05) is 38.0 Å². The van der Waals surface area contributed by atoms with E-state index in [0.29, 0.717) is 18.1 Å². The predicted molar refractivity (Wildman–Crippen MR) is 106 cm³/mol. The summed E-state index contributed by atoms with van der Waals surface area (Å²) in [7, 11) is 0. The number of rotatable bonds is 7. The Morgan fingerprint density at radius 3 is 2.74 bits per heavy atom. The van der Waals surface area contributed by atoms with Crippen LogP contribution in [0.25, 0.3) is 0 Å². The second kappa shape index (κ2) is 8.84. The summed E-state index contributed by atoms with van der Waals surface area (Å²) in [4.78, 5) is 29.9. The number of para-hydroxylation sites is 1. The van der Waals surface area contributed by atoms with Crippen LogP contribution >= 0.6 is 0 Å². The molecule has 6 nitrogen and oxygen atoms in total. The molecular weight excluding hydrogens is 340 g/mol. The molecule has 1 aromatic carbocycles. The summed E-state index contributed by atoms with van der Waals surface area (Å²) in [5.74, 6) is -0.115. The van der Waals surface area contributed by atoms with Gasteiger partial charge in [0.2, 0.25) is 0 Å². The minimum atomic E-state index is -0.266. The Morgan fingerprint density at radius 2 is 1.96 bits per heavy atom. The molecular formula is C21H28N4O2. The quantitative estimate of drug-likeness (QED) is 0.732. The lowest BCUT2D eigenvalue weighted by Gasteiger charge is -2.17. The van der Waals surface area contributed by atoms with Crippen LogP contribution in [0.15, 0.2) is 24.3 Å². The van der Waals surface area contributed by atoms with E-state index in [1.54, 1.807) is 0 Å². The van der Waals surface area contributed by atoms with Crippen LogP contribution in [0.3, 0.4) is 0 Å². The first kappa shape index (κ1) is 19.1. The number of aromatic nitrogens is 2. The summed E-state index contributed by atoms with van der Waals surface area (Å²) in [6.07, 6.45) is 5.94. The Labute approximate surface area is 160 Å². The number of benzene rings is 1. The highest BCUT2D eigenvalue weighted by atomic mass is 16.2. The molecule has 0 atom stereocenters. The Morgan fingerprint density at radius 1 is 1.15 bits per heavy atom. The van der Waals surface area contributed by atoms with E-state index in [4.69, 9.17) is 0 Å². The summed E-state index contributed by atoms with van der Waals surface area (Å²) >= 11 is 0. The van der Waals surface area contributed by atoms with Crippen LogP contribution in [-0.2, 0) is 13.0 Å². The van der Waals surface area contributed by atoms with E-state index in [2.05, 4.69) is 22.5 Å². The average molecular weight is 368 g/mol. The second-order valence-electron chi connectivity index (χ2n) is 7.07. The maximum atomic E-state index is 12.8. The van der Waals surface area contributed by atoms with E-state index in [1.165, 1.54) is 0 Å². The van der Waals surface area contributed by atoms with E-state index in [9.17, 15) is 9.59 Å². The number of carbonyl (C=O) groups is 2. The number of carbonyl (C=O) groups excluding carboxylic acids is 2. The molecule has 1 aromatic heterocycles. The normalized spacial score (nSPS) is 13.1. The Hall–Kier alpha value is -2.63. The molecule has 0 unspecified atom stereocenters. The van der Waals surface area contributed by atoms with Crippen molar-refractivity contribution in [3.63, 3.8) is 0 Å². The summed E-state index contributed by atoms with van der Waals surface area (Å²) in [6.45, 7) is 5.45. The van der Waals surface area contributed by atoms with Gasteiger partial charge in [0, 0.05) is 18.8 Å². The largest absolute Gasteiger partial charge is 0.351 e. The number of anilines is 1. The van der Waals surface area contributed by atoms with Crippen molar-refractivity contribution in [1.29, 1.82) is 0 Å². The molecule has 144 valence electrons. The SMILES string of the molecule is CCCCCNC(=O)c1nc(C(=O)Nc2ccccc2C)n2c1CCCC2. The number of unbranched alkanes of at least 4 members (excludes halogenated alkanes) is 2. The van der Waals surface area contributed by atoms with E-state index in [-0.39, 0.29) is 11.8 Å². The molecule has 1 aliphatic heterocycles. The van der Waals surface area contributed by atoms with Crippen molar-refractivity contribution in [2.75, 3.05) is 11.9 Å². The molecule has 2 heterocycles. The number of imidazole rings is 1. The molecule has 0 spiro atoms. The number of hydrogen-bond acceptors (Lipinski definition) is 3. The molecule has 0 bridgehead atoms. The van der Waals surface area contributed by atoms with Gasteiger partial charge in [-0.05, 0) is 44.2 Å². The first-order valence-corrected chi connectivity index (χ1v) is 9.86. The van der Waals surface area contributed by atoms with Crippen LogP contribution in [0.1, 0.15) is 71.4 Å². The third-order valence-electron chi connectivity index (χ3n) is 5.00. The van der Waals surface area contributed by atoms with Crippen molar-refractivity contribution < 1.29 is 9.59 Å². The standard InChI is InChI=1S/C21H28N4O2/c1-3-4-8-13-22-20(26)18-17-12-7-9-14-25(17)19(24-18)21(27)23-16-11-6-5-10-15(16)2/h5-6,10-11H,3-4,7-9,12-14H2,1-2H3,(H,22,26)(H,23,27). The first-order chi connectivity index (χ1) is 13.1. The lowest BCUT2D eigenvalue weighted by Crippen LogP contribution is -2.26. The van der Waals surface area contributed by atoms with Gasteiger partial charge in [0.25, 0.3) is 11.8 Å². The summed E-state index contributed by atoms with van der Waals surface area (Å²) in [5, 5.41) is 5.88. The zero-order valence-corrected chi connectivity index (χ0v) is 16.2.